The molecule has 0 unspecified atom stereocenters. The van der Waals surface area contributed by atoms with Gasteiger partial charge in [-0.1, -0.05) is 164 Å². The summed E-state index contributed by atoms with van der Waals surface area (Å²) in [5.74, 6) is 0. The van der Waals surface area contributed by atoms with Crippen LogP contribution < -0.4 is 4.90 Å². The number of benzene rings is 10. The summed E-state index contributed by atoms with van der Waals surface area (Å²) >= 11 is 0. The molecular formula is C58H38N2O. The van der Waals surface area contributed by atoms with Crippen LogP contribution in [0, 0.1) is 0 Å². The lowest BCUT2D eigenvalue weighted by Crippen LogP contribution is -2.10. The topological polar surface area (TPSA) is 21.3 Å². The minimum absolute atomic E-state index is 0.893. The molecule has 0 bridgehead atoms. The second-order valence-electron chi connectivity index (χ2n) is 15.7. The Kier molecular flexibility index (Phi) is 8.17. The Morgan fingerprint density at radius 3 is 1.67 bits per heavy atom. The Balaban J connectivity index is 0.935. The molecule has 0 fully saturated rings. The number of hydrogen-bond donors (Lipinski definition) is 0. The molecule has 0 atom stereocenters. The van der Waals surface area contributed by atoms with Gasteiger partial charge in [-0.05, 0) is 105 Å². The molecule has 0 radical (unpaired) electrons. The monoisotopic (exact) mass is 778 g/mol. The molecule has 10 aromatic carbocycles. The van der Waals surface area contributed by atoms with Gasteiger partial charge in [-0.3, -0.25) is 0 Å². The van der Waals surface area contributed by atoms with Gasteiger partial charge in [-0.2, -0.15) is 0 Å². The number of furan rings is 1. The summed E-state index contributed by atoms with van der Waals surface area (Å²) < 4.78 is 8.71. The van der Waals surface area contributed by atoms with E-state index < -0.39 is 0 Å². The van der Waals surface area contributed by atoms with Crippen LogP contribution in [0.4, 0.5) is 17.1 Å². The lowest BCUT2D eigenvalue weighted by atomic mass is 9.98. The first kappa shape index (κ1) is 34.9. The minimum Gasteiger partial charge on any atom is -0.456 e. The van der Waals surface area contributed by atoms with Crippen LogP contribution in [0.5, 0.6) is 0 Å². The molecule has 2 aromatic heterocycles. The maximum atomic E-state index is 6.29. The van der Waals surface area contributed by atoms with Crippen molar-refractivity contribution in [2.75, 3.05) is 4.90 Å². The highest BCUT2D eigenvalue weighted by Gasteiger charge is 2.18. The quantitative estimate of drug-likeness (QED) is 0.161. The molecule has 0 saturated carbocycles. The summed E-state index contributed by atoms with van der Waals surface area (Å²) in [5, 5.41) is 7.29. The number of nitrogens with zero attached hydrogens (tertiary/aromatic N) is 2. The largest absolute Gasteiger partial charge is 0.456 e. The molecule has 0 aliphatic heterocycles. The van der Waals surface area contributed by atoms with Gasteiger partial charge in [0.1, 0.15) is 11.2 Å². The summed E-state index contributed by atoms with van der Waals surface area (Å²) in [5.41, 5.74) is 15.6. The maximum absolute atomic E-state index is 6.29. The average Bonchev–Trinajstić information content (AvgIpc) is 3.89. The first-order valence-electron chi connectivity index (χ1n) is 20.8. The highest BCUT2D eigenvalue weighted by Crippen LogP contribution is 2.42. The summed E-state index contributed by atoms with van der Waals surface area (Å²) in [6.07, 6.45) is 0. The van der Waals surface area contributed by atoms with Gasteiger partial charge in [0.15, 0.2) is 0 Å². The molecule has 0 N–H and O–H groups in total. The summed E-state index contributed by atoms with van der Waals surface area (Å²) in [7, 11) is 0. The van der Waals surface area contributed by atoms with Gasteiger partial charge in [0, 0.05) is 49.7 Å². The van der Waals surface area contributed by atoms with E-state index in [1.54, 1.807) is 0 Å². The van der Waals surface area contributed by atoms with Crippen LogP contribution in [0.25, 0.3) is 93.6 Å². The fourth-order valence-corrected chi connectivity index (χ4v) is 9.31. The van der Waals surface area contributed by atoms with Gasteiger partial charge in [-0.25, -0.2) is 0 Å². The van der Waals surface area contributed by atoms with E-state index in [2.05, 4.69) is 228 Å². The highest BCUT2D eigenvalue weighted by atomic mass is 16.3. The normalized spacial score (nSPS) is 11.6. The third-order valence-electron chi connectivity index (χ3n) is 12.2. The highest BCUT2D eigenvalue weighted by molar-refractivity contribution is 6.18. The van der Waals surface area contributed by atoms with Crippen molar-refractivity contribution < 1.29 is 4.42 Å². The molecule has 0 spiro atoms. The lowest BCUT2D eigenvalue weighted by Gasteiger charge is -2.26. The van der Waals surface area contributed by atoms with Crippen molar-refractivity contribution >= 4 is 71.6 Å². The zero-order valence-electron chi connectivity index (χ0n) is 33.2. The lowest BCUT2D eigenvalue weighted by molar-refractivity contribution is 0.669. The first-order valence-corrected chi connectivity index (χ1v) is 20.8. The van der Waals surface area contributed by atoms with Crippen LogP contribution in [0.3, 0.4) is 0 Å². The number of anilines is 3. The molecule has 61 heavy (non-hydrogen) atoms. The molecule has 2 heterocycles. The van der Waals surface area contributed by atoms with Crippen LogP contribution in [0.15, 0.2) is 235 Å². The van der Waals surface area contributed by atoms with E-state index in [1.807, 2.05) is 12.1 Å². The van der Waals surface area contributed by atoms with Crippen molar-refractivity contribution in [2.45, 2.75) is 0 Å². The van der Waals surface area contributed by atoms with Crippen LogP contribution in [-0.2, 0) is 0 Å². The first-order chi connectivity index (χ1) is 30.2. The van der Waals surface area contributed by atoms with Crippen molar-refractivity contribution in [3.05, 3.63) is 231 Å². The molecular weight excluding hydrogens is 741 g/mol. The predicted octanol–water partition coefficient (Wildman–Crippen LogP) is 16.3. The Morgan fingerprint density at radius 2 is 0.918 bits per heavy atom. The second-order valence-corrected chi connectivity index (χ2v) is 15.7. The fourth-order valence-electron chi connectivity index (χ4n) is 9.31. The van der Waals surface area contributed by atoms with Gasteiger partial charge in [0.25, 0.3) is 0 Å². The van der Waals surface area contributed by atoms with Crippen LogP contribution in [0.1, 0.15) is 0 Å². The fraction of sp³-hybridized carbons (Fsp3) is 0. The Morgan fingerprint density at radius 1 is 0.344 bits per heavy atom. The van der Waals surface area contributed by atoms with Gasteiger partial charge in [-0.15, -0.1) is 0 Å². The zero-order chi connectivity index (χ0) is 40.3. The van der Waals surface area contributed by atoms with Crippen LogP contribution in [-0.4, -0.2) is 4.57 Å². The van der Waals surface area contributed by atoms with Crippen molar-refractivity contribution in [3.8, 4) is 39.1 Å². The van der Waals surface area contributed by atoms with E-state index in [-0.39, 0.29) is 0 Å². The third-order valence-corrected chi connectivity index (χ3v) is 12.2. The van der Waals surface area contributed by atoms with Crippen molar-refractivity contribution in [1.29, 1.82) is 0 Å². The molecule has 0 amide bonds. The zero-order valence-corrected chi connectivity index (χ0v) is 33.2. The molecule has 12 rings (SSSR count). The smallest absolute Gasteiger partial charge is 0.136 e. The van der Waals surface area contributed by atoms with Crippen LogP contribution in [0.2, 0.25) is 0 Å². The molecule has 3 heteroatoms. The Labute approximate surface area is 353 Å². The molecule has 0 saturated heterocycles. The molecule has 286 valence electrons. The van der Waals surface area contributed by atoms with E-state index >= 15 is 0 Å². The number of aromatic nitrogens is 1. The number of fused-ring (bicyclic) bond motifs is 8. The van der Waals surface area contributed by atoms with Gasteiger partial charge in [0.05, 0.1) is 11.0 Å². The Bertz CT molecular complexity index is 3560. The summed E-state index contributed by atoms with van der Waals surface area (Å²) in [6, 6.07) is 82.9. The predicted molar refractivity (Wildman–Crippen MR) is 257 cm³/mol. The van der Waals surface area contributed by atoms with Crippen molar-refractivity contribution in [3.63, 3.8) is 0 Å². The summed E-state index contributed by atoms with van der Waals surface area (Å²) in [4.78, 5) is 2.35. The maximum Gasteiger partial charge on any atom is 0.136 e. The van der Waals surface area contributed by atoms with E-state index in [1.165, 1.54) is 49.3 Å². The van der Waals surface area contributed by atoms with Gasteiger partial charge in [0.2, 0.25) is 0 Å². The van der Waals surface area contributed by atoms with E-state index in [0.717, 1.165) is 61.4 Å². The minimum atomic E-state index is 0.893. The average molecular weight is 779 g/mol. The molecule has 0 aliphatic rings. The number of para-hydroxylation sites is 2. The molecule has 0 aliphatic carbocycles. The standard InChI is InChI=1S/C58H38N2O/c1-2-12-39(13-3-1)40-24-31-45(32-25-40)59(48-16-10-15-44(38-48)49-20-11-23-56-57(49)53-19-7-9-22-55(53)61-56)46-33-26-41(27-34-46)42-28-35-47(36-29-42)60-54-21-8-6-18-51(54)52-37-30-43-14-4-5-17-50(43)58(52)60/h1-38H. The number of hydrogen-bond acceptors (Lipinski definition) is 2. The van der Waals surface area contributed by atoms with Gasteiger partial charge >= 0.3 is 0 Å². The van der Waals surface area contributed by atoms with Gasteiger partial charge < -0.3 is 13.9 Å². The van der Waals surface area contributed by atoms with E-state index in [9.17, 15) is 0 Å². The van der Waals surface area contributed by atoms with E-state index in [0.29, 0.717) is 0 Å². The van der Waals surface area contributed by atoms with Crippen molar-refractivity contribution in [1.82, 2.24) is 4.57 Å². The third kappa shape index (κ3) is 5.90. The second kappa shape index (κ2) is 14.3. The number of rotatable bonds is 7. The van der Waals surface area contributed by atoms with E-state index in [4.69, 9.17) is 4.42 Å². The molecule has 12 aromatic rings. The SMILES string of the molecule is c1ccc(-c2ccc(N(c3ccc(-c4ccc(-n5c6ccccc6c6ccc7ccccc7c65)cc4)cc3)c3cccc(-c4cccc5oc6ccccc6c45)c3)cc2)cc1. The summed E-state index contributed by atoms with van der Waals surface area (Å²) in [6.45, 7) is 0. The van der Waals surface area contributed by atoms with Crippen LogP contribution >= 0.6 is 0 Å². The molecule has 3 nitrogen and oxygen atoms in total. The van der Waals surface area contributed by atoms with Crippen molar-refractivity contribution in [2.24, 2.45) is 0 Å². The Hall–Kier alpha value is -8.14.